The molecule has 158 valence electrons. The van der Waals surface area contributed by atoms with Gasteiger partial charge in [0.25, 0.3) is 5.91 Å². The Morgan fingerprint density at radius 3 is 2.43 bits per heavy atom. The SMILES string of the molecule is C[C@@H](Nc1cccc(C(=O)NC2CC2)c1)C(=O)N1CCN(Cc2ccccc2)CC1. The van der Waals surface area contributed by atoms with Crippen LogP contribution in [0.2, 0.25) is 0 Å². The number of benzene rings is 2. The van der Waals surface area contributed by atoms with Gasteiger partial charge in [-0.15, -0.1) is 0 Å². The first kappa shape index (κ1) is 20.4. The lowest BCUT2D eigenvalue weighted by molar-refractivity contribution is -0.133. The Kier molecular flexibility index (Phi) is 6.33. The number of rotatable bonds is 7. The lowest BCUT2D eigenvalue weighted by Crippen LogP contribution is -2.51. The summed E-state index contributed by atoms with van der Waals surface area (Å²) in [4.78, 5) is 29.5. The molecule has 2 aromatic carbocycles. The monoisotopic (exact) mass is 406 g/mol. The summed E-state index contributed by atoms with van der Waals surface area (Å²) in [7, 11) is 0. The van der Waals surface area contributed by atoms with Crippen molar-refractivity contribution in [1.82, 2.24) is 15.1 Å². The van der Waals surface area contributed by atoms with Crippen LogP contribution in [0.15, 0.2) is 54.6 Å². The lowest BCUT2D eigenvalue weighted by Gasteiger charge is -2.36. The number of nitrogens with one attached hydrogen (secondary N) is 2. The molecule has 1 saturated carbocycles. The number of hydrogen-bond acceptors (Lipinski definition) is 4. The zero-order valence-electron chi connectivity index (χ0n) is 17.5. The van der Waals surface area contributed by atoms with E-state index in [1.54, 1.807) is 6.07 Å². The van der Waals surface area contributed by atoms with Crippen LogP contribution in [0.25, 0.3) is 0 Å². The van der Waals surface area contributed by atoms with Crippen LogP contribution in [0.4, 0.5) is 5.69 Å². The number of hydrogen-bond donors (Lipinski definition) is 2. The molecule has 6 heteroatoms. The van der Waals surface area contributed by atoms with Crippen LogP contribution in [0, 0.1) is 0 Å². The first-order valence-corrected chi connectivity index (χ1v) is 10.8. The van der Waals surface area contributed by atoms with Crippen LogP contribution in [0.5, 0.6) is 0 Å². The average Bonchev–Trinajstić information content (AvgIpc) is 3.59. The third-order valence-electron chi connectivity index (χ3n) is 5.72. The molecule has 4 rings (SSSR count). The van der Waals surface area contributed by atoms with Crippen LogP contribution in [-0.4, -0.2) is 59.9 Å². The molecule has 0 aromatic heterocycles. The third kappa shape index (κ3) is 5.39. The molecule has 2 N–H and O–H groups in total. The van der Waals surface area contributed by atoms with E-state index in [4.69, 9.17) is 0 Å². The van der Waals surface area contributed by atoms with Gasteiger partial charge in [0.15, 0.2) is 0 Å². The first-order chi connectivity index (χ1) is 14.6. The van der Waals surface area contributed by atoms with Gasteiger partial charge in [-0.1, -0.05) is 36.4 Å². The Bertz CT molecular complexity index is 874. The van der Waals surface area contributed by atoms with Gasteiger partial charge in [0.1, 0.15) is 6.04 Å². The summed E-state index contributed by atoms with van der Waals surface area (Å²) in [6.07, 6.45) is 2.13. The second-order valence-corrected chi connectivity index (χ2v) is 8.28. The number of carbonyl (C=O) groups excluding carboxylic acids is 2. The van der Waals surface area contributed by atoms with Gasteiger partial charge in [0, 0.05) is 50.0 Å². The van der Waals surface area contributed by atoms with E-state index in [2.05, 4.69) is 39.8 Å². The Morgan fingerprint density at radius 1 is 1.00 bits per heavy atom. The number of amides is 2. The second kappa shape index (κ2) is 9.30. The maximum atomic E-state index is 12.9. The van der Waals surface area contributed by atoms with E-state index in [-0.39, 0.29) is 17.9 Å². The van der Waals surface area contributed by atoms with E-state index in [0.29, 0.717) is 11.6 Å². The molecule has 1 aliphatic carbocycles. The van der Waals surface area contributed by atoms with Gasteiger partial charge >= 0.3 is 0 Å². The maximum Gasteiger partial charge on any atom is 0.251 e. The van der Waals surface area contributed by atoms with Gasteiger partial charge < -0.3 is 15.5 Å². The van der Waals surface area contributed by atoms with E-state index in [0.717, 1.165) is 51.3 Å². The minimum Gasteiger partial charge on any atom is -0.374 e. The highest BCUT2D eigenvalue weighted by molar-refractivity contribution is 5.95. The van der Waals surface area contributed by atoms with Gasteiger partial charge in [-0.05, 0) is 43.5 Å². The summed E-state index contributed by atoms with van der Waals surface area (Å²) in [5, 5.41) is 6.27. The predicted molar refractivity (Wildman–Crippen MR) is 118 cm³/mol. The van der Waals surface area contributed by atoms with Gasteiger partial charge in [0.2, 0.25) is 5.91 Å². The van der Waals surface area contributed by atoms with E-state index in [9.17, 15) is 9.59 Å². The smallest absolute Gasteiger partial charge is 0.251 e. The Labute approximate surface area is 178 Å². The minimum absolute atomic E-state index is 0.0466. The summed E-state index contributed by atoms with van der Waals surface area (Å²) in [6.45, 7) is 6.04. The molecular weight excluding hydrogens is 376 g/mol. The fourth-order valence-corrected chi connectivity index (χ4v) is 3.80. The molecule has 1 atom stereocenters. The number of piperazine rings is 1. The van der Waals surface area contributed by atoms with Crippen molar-refractivity contribution in [2.45, 2.75) is 38.4 Å². The zero-order valence-corrected chi connectivity index (χ0v) is 17.5. The highest BCUT2D eigenvalue weighted by atomic mass is 16.2. The molecule has 1 aliphatic heterocycles. The molecule has 1 heterocycles. The van der Waals surface area contributed by atoms with Crippen molar-refractivity contribution in [3.8, 4) is 0 Å². The quantitative estimate of drug-likeness (QED) is 0.742. The van der Waals surface area contributed by atoms with Crippen LogP contribution >= 0.6 is 0 Å². The molecule has 2 aromatic rings. The summed E-state index contributed by atoms with van der Waals surface area (Å²) in [5.41, 5.74) is 2.72. The zero-order chi connectivity index (χ0) is 20.9. The average molecular weight is 407 g/mol. The van der Waals surface area contributed by atoms with Crippen LogP contribution in [0.3, 0.4) is 0 Å². The van der Waals surface area contributed by atoms with Crippen molar-refractivity contribution >= 4 is 17.5 Å². The predicted octanol–water partition coefficient (Wildman–Crippen LogP) is 2.72. The molecule has 2 aliphatic rings. The van der Waals surface area contributed by atoms with Gasteiger partial charge in [0.05, 0.1) is 0 Å². The maximum absolute atomic E-state index is 12.9. The highest BCUT2D eigenvalue weighted by Gasteiger charge is 2.26. The minimum atomic E-state index is -0.340. The van der Waals surface area contributed by atoms with Crippen LogP contribution < -0.4 is 10.6 Å². The normalized spacial score (nSPS) is 18.0. The van der Waals surface area contributed by atoms with Crippen molar-refractivity contribution in [3.63, 3.8) is 0 Å². The summed E-state index contributed by atoms with van der Waals surface area (Å²) in [5.74, 6) is 0.0527. The van der Waals surface area contributed by atoms with E-state index in [1.165, 1.54) is 5.56 Å². The highest BCUT2D eigenvalue weighted by Crippen LogP contribution is 2.20. The van der Waals surface area contributed by atoms with Gasteiger partial charge in [-0.2, -0.15) is 0 Å². The van der Waals surface area contributed by atoms with Gasteiger partial charge in [-0.3, -0.25) is 14.5 Å². The Balaban J connectivity index is 1.27. The summed E-state index contributed by atoms with van der Waals surface area (Å²) < 4.78 is 0. The molecular formula is C24H30N4O2. The summed E-state index contributed by atoms with van der Waals surface area (Å²) >= 11 is 0. The standard InChI is InChI=1S/C24H30N4O2/c1-18(25-22-9-5-8-20(16-22)23(29)26-21-10-11-21)24(30)28-14-12-27(13-15-28)17-19-6-3-2-4-7-19/h2-9,16,18,21,25H,10-15,17H2,1H3,(H,26,29)/t18-/m1/s1. The van der Waals surface area contributed by atoms with Crippen molar-refractivity contribution in [3.05, 3.63) is 65.7 Å². The van der Waals surface area contributed by atoms with Crippen molar-refractivity contribution in [2.24, 2.45) is 0 Å². The van der Waals surface area contributed by atoms with E-state index in [1.807, 2.05) is 36.1 Å². The van der Waals surface area contributed by atoms with Crippen LogP contribution in [0.1, 0.15) is 35.7 Å². The topological polar surface area (TPSA) is 64.7 Å². The Morgan fingerprint density at radius 2 is 1.73 bits per heavy atom. The molecule has 30 heavy (non-hydrogen) atoms. The van der Waals surface area contributed by atoms with Crippen molar-refractivity contribution in [1.29, 1.82) is 0 Å². The molecule has 2 fully saturated rings. The fourth-order valence-electron chi connectivity index (χ4n) is 3.80. The number of nitrogens with zero attached hydrogens (tertiary/aromatic N) is 2. The molecule has 0 spiro atoms. The first-order valence-electron chi connectivity index (χ1n) is 10.8. The fraction of sp³-hybridized carbons (Fsp3) is 0.417. The van der Waals surface area contributed by atoms with Gasteiger partial charge in [-0.25, -0.2) is 0 Å². The van der Waals surface area contributed by atoms with Crippen LogP contribution in [-0.2, 0) is 11.3 Å². The molecule has 0 bridgehead atoms. The summed E-state index contributed by atoms with van der Waals surface area (Å²) in [6, 6.07) is 17.8. The molecule has 0 radical (unpaired) electrons. The molecule has 6 nitrogen and oxygen atoms in total. The van der Waals surface area contributed by atoms with E-state index >= 15 is 0 Å². The lowest BCUT2D eigenvalue weighted by atomic mass is 10.1. The second-order valence-electron chi connectivity index (χ2n) is 8.28. The molecule has 1 saturated heterocycles. The van der Waals surface area contributed by atoms with E-state index < -0.39 is 0 Å². The van der Waals surface area contributed by atoms with Crippen molar-refractivity contribution in [2.75, 3.05) is 31.5 Å². The number of carbonyl (C=O) groups is 2. The Hall–Kier alpha value is -2.86. The number of anilines is 1. The van der Waals surface area contributed by atoms with Crippen molar-refractivity contribution < 1.29 is 9.59 Å². The third-order valence-corrected chi connectivity index (χ3v) is 5.72. The largest absolute Gasteiger partial charge is 0.374 e. The molecule has 2 amide bonds. The molecule has 0 unspecified atom stereocenters.